The molecule has 1 unspecified atom stereocenters. The molecule has 4 rings (SSSR count). The molecule has 2 fully saturated rings. The first-order valence-electron chi connectivity index (χ1n) is 10.2. The highest BCUT2D eigenvalue weighted by atomic mass is 16.3. The normalized spacial score (nSPS) is 24.9. The van der Waals surface area contributed by atoms with Crippen molar-refractivity contribution in [1.29, 1.82) is 0 Å². The maximum atomic E-state index is 12.8. The standard InChI is InChI=1S/C20H28N6O2/c21-15-4-6-16(7-5-15)26-13-18(23-24-26)20(28)25-11-8-14(9-12-25)19(27)17-3-1-2-10-22-17/h1-3,10,13-16,19,27H,4-9,11-12,21H2. The number of rotatable bonds is 4. The molecule has 1 aliphatic carbocycles. The number of nitrogens with zero attached hydrogens (tertiary/aromatic N) is 5. The summed E-state index contributed by atoms with van der Waals surface area (Å²) in [7, 11) is 0. The highest BCUT2D eigenvalue weighted by molar-refractivity contribution is 5.92. The first-order valence-corrected chi connectivity index (χ1v) is 10.2. The van der Waals surface area contributed by atoms with Crippen LogP contribution in [0.4, 0.5) is 0 Å². The van der Waals surface area contributed by atoms with Gasteiger partial charge in [-0.3, -0.25) is 9.78 Å². The zero-order chi connectivity index (χ0) is 19.5. The monoisotopic (exact) mass is 384 g/mol. The van der Waals surface area contributed by atoms with E-state index in [1.165, 1.54) is 0 Å². The molecule has 2 aromatic heterocycles. The van der Waals surface area contributed by atoms with Crippen LogP contribution in [-0.2, 0) is 0 Å². The Labute approximate surface area is 164 Å². The van der Waals surface area contributed by atoms with Crippen molar-refractivity contribution in [3.05, 3.63) is 42.0 Å². The second-order valence-electron chi connectivity index (χ2n) is 7.98. The molecule has 1 atom stereocenters. The lowest BCUT2D eigenvalue weighted by molar-refractivity contribution is 0.0444. The number of amides is 1. The Hall–Kier alpha value is -2.32. The number of hydrogen-bond acceptors (Lipinski definition) is 6. The van der Waals surface area contributed by atoms with Gasteiger partial charge in [0.05, 0.1) is 24.0 Å². The van der Waals surface area contributed by atoms with Crippen LogP contribution in [0, 0.1) is 5.92 Å². The number of hydrogen-bond donors (Lipinski definition) is 2. The second kappa shape index (κ2) is 8.36. The average molecular weight is 384 g/mol. The second-order valence-corrected chi connectivity index (χ2v) is 7.98. The summed E-state index contributed by atoms with van der Waals surface area (Å²) < 4.78 is 1.83. The Morgan fingerprint density at radius 2 is 1.89 bits per heavy atom. The van der Waals surface area contributed by atoms with Crippen molar-refractivity contribution in [3.63, 3.8) is 0 Å². The van der Waals surface area contributed by atoms with Gasteiger partial charge in [0.15, 0.2) is 5.69 Å². The summed E-state index contributed by atoms with van der Waals surface area (Å²) in [6.45, 7) is 1.22. The topological polar surface area (TPSA) is 110 Å². The smallest absolute Gasteiger partial charge is 0.276 e. The maximum absolute atomic E-state index is 12.8. The molecule has 150 valence electrons. The predicted molar refractivity (Wildman–Crippen MR) is 103 cm³/mol. The Morgan fingerprint density at radius 3 is 2.57 bits per heavy atom. The van der Waals surface area contributed by atoms with Gasteiger partial charge in [-0.05, 0) is 56.6 Å². The highest BCUT2D eigenvalue weighted by Gasteiger charge is 2.30. The summed E-state index contributed by atoms with van der Waals surface area (Å²) in [6.07, 6.45) is 8.32. The number of aromatic nitrogens is 4. The molecule has 0 spiro atoms. The van der Waals surface area contributed by atoms with Crippen molar-refractivity contribution < 1.29 is 9.90 Å². The van der Waals surface area contributed by atoms with Crippen molar-refractivity contribution in [2.24, 2.45) is 11.7 Å². The van der Waals surface area contributed by atoms with Crippen LogP contribution >= 0.6 is 0 Å². The molecule has 3 heterocycles. The summed E-state index contributed by atoms with van der Waals surface area (Å²) in [4.78, 5) is 18.9. The van der Waals surface area contributed by atoms with Crippen molar-refractivity contribution in [2.75, 3.05) is 13.1 Å². The molecule has 28 heavy (non-hydrogen) atoms. The van der Waals surface area contributed by atoms with E-state index in [0.717, 1.165) is 38.5 Å². The van der Waals surface area contributed by atoms with Crippen molar-refractivity contribution in [1.82, 2.24) is 24.9 Å². The van der Waals surface area contributed by atoms with Gasteiger partial charge in [0, 0.05) is 25.3 Å². The molecular weight excluding hydrogens is 356 g/mol. The van der Waals surface area contributed by atoms with E-state index in [4.69, 9.17) is 5.73 Å². The SMILES string of the molecule is NC1CCC(n2cc(C(=O)N3CCC(C(O)c4ccccn4)CC3)nn2)CC1. The minimum Gasteiger partial charge on any atom is -0.387 e. The largest absolute Gasteiger partial charge is 0.387 e. The Bertz CT molecular complexity index is 779. The third kappa shape index (κ3) is 4.07. The van der Waals surface area contributed by atoms with E-state index < -0.39 is 6.10 Å². The lowest BCUT2D eigenvalue weighted by Gasteiger charge is -2.33. The molecule has 3 N–H and O–H groups in total. The fourth-order valence-electron chi connectivity index (χ4n) is 4.29. The van der Waals surface area contributed by atoms with E-state index in [-0.39, 0.29) is 23.9 Å². The number of nitrogens with two attached hydrogens (primary N) is 1. The van der Waals surface area contributed by atoms with Gasteiger partial charge in [0.2, 0.25) is 0 Å². The van der Waals surface area contributed by atoms with Gasteiger partial charge in [-0.25, -0.2) is 4.68 Å². The minimum absolute atomic E-state index is 0.0791. The van der Waals surface area contributed by atoms with Crippen LogP contribution in [0.15, 0.2) is 30.6 Å². The fourth-order valence-corrected chi connectivity index (χ4v) is 4.29. The van der Waals surface area contributed by atoms with Gasteiger partial charge in [-0.15, -0.1) is 5.10 Å². The number of aliphatic hydroxyl groups excluding tert-OH is 1. The number of likely N-dealkylation sites (tertiary alicyclic amines) is 1. The number of pyridine rings is 1. The van der Waals surface area contributed by atoms with E-state index in [1.54, 1.807) is 12.4 Å². The highest BCUT2D eigenvalue weighted by Crippen LogP contribution is 2.30. The third-order valence-corrected chi connectivity index (χ3v) is 6.11. The van der Waals surface area contributed by atoms with Crippen molar-refractivity contribution in [3.8, 4) is 0 Å². The quantitative estimate of drug-likeness (QED) is 0.830. The number of carbonyl (C=O) groups is 1. The summed E-state index contributed by atoms with van der Waals surface area (Å²) in [5.74, 6) is 0.0330. The first kappa shape index (κ1) is 19.0. The number of carbonyl (C=O) groups excluding carboxylic acids is 1. The molecule has 2 aliphatic rings. The van der Waals surface area contributed by atoms with Crippen LogP contribution in [0.5, 0.6) is 0 Å². The van der Waals surface area contributed by atoms with Gasteiger partial charge < -0.3 is 15.7 Å². The van der Waals surface area contributed by atoms with Crippen molar-refractivity contribution >= 4 is 5.91 Å². The summed E-state index contributed by atoms with van der Waals surface area (Å²) in [5.41, 5.74) is 7.07. The summed E-state index contributed by atoms with van der Waals surface area (Å²) in [5, 5.41) is 18.9. The molecule has 0 bridgehead atoms. The van der Waals surface area contributed by atoms with Crippen LogP contribution in [0.2, 0.25) is 0 Å². The zero-order valence-corrected chi connectivity index (χ0v) is 16.0. The molecule has 0 radical (unpaired) electrons. The van der Waals surface area contributed by atoms with E-state index in [1.807, 2.05) is 27.8 Å². The maximum Gasteiger partial charge on any atom is 0.276 e. The van der Waals surface area contributed by atoms with Gasteiger partial charge in [-0.1, -0.05) is 11.3 Å². The Kier molecular flexibility index (Phi) is 5.68. The molecule has 1 saturated heterocycles. The van der Waals surface area contributed by atoms with E-state index >= 15 is 0 Å². The average Bonchev–Trinajstić information content (AvgIpc) is 3.24. The Morgan fingerprint density at radius 1 is 1.14 bits per heavy atom. The molecule has 0 aromatic carbocycles. The summed E-state index contributed by atoms with van der Waals surface area (Å²) >= 11 is 0. The lowest BCUT2D eigenvalue weighted by atomic mass is 9.89. The van der Waals surface area contributed by atoms with Crippen molar-refractivity contribution in [2.45, 2.75) is 56.7 Å². The molecule has 1 saturated carbocycles. The van der Waals surface area contributed by atoms with Gasteiger partial charge >= 0.3 is 0 Å². The molecule has 1 amide bonds. The van der Waals surface area contributed by atoms with Gasteiger partial charge in [-0.2, -0.15) is 0 Å². The van der Waals surface area contributed by atoms with Crippen LogP contribution < -0.4 is 5.73 Å². The van der Waals surface area contributed by atoms with Crippen LogP contribution in [0.25, 0.3) is 0 Å². The van der Waals surface area contributed by atoms with Gasteiger partial charge in [0.25, 0.3) is 5.91 Å². The number of aliphatic hydroxyl groups is 1. The van der Waals surface area contributed by atoms with Crippen LogP contribution in [0.1, 0.15) is 66.9 Å². The van der Waals surface area contributed by atoms with E-state index in [2.05, 4.69) is 15.3 Å². The van der Waals surface area contributed by atoms with E-state index in [0.29, 0.717) is 24.5 Å². The molecule has 1 aliphatic heterocycles. The van der Waals surface area contributed by atoms with Crippen LogP contribution in [0.3, 0.4) is 0 Å². The lowest BCUT2D eigenvalue weighted by Crippen LogP contribution is -2.40. The molecule has 8 nitrogen and oxygen atoms in total. The third-order valence-electron chi connectivity index (χ3n) is 6.11. The van der Waals surface area contributed by atoms with Gasteiger partial charge in [0.1, 0.15) is 0 Å². The predicted octanol–water partition coefficient (Wildman–Crippen LogP) is 1.70. The van der Waals surface area contributed by atoms with E-state index in [9.17, 15) is 9.90 Å². The molecular formula is C20H28N6O2. The molecule has 8 heteroatoms. The number of piperidine rings is 1. The van der Waals surface area contributed by atoms with Crippen LogP contribution in [-0.4, -0.2) is 55.0 Å². The minimum atomic E-state index is -0.586. The first-order chi connectivity index (χ1) is 13.6. The fraction of sp³-hybridized carbons (Fsp3) is 0.600. The zero-order valence-electron chi connectivity index (χ0n) is 16.0. The molecule has 2 aromatic rings. The Balaban J connectivity index is 1.33. The summed E-state index contributed by atoms with van der Waals surface area (Å²) in [6, 6.07) is 6.13.